The second-order valence-electron chi connectivity index (χ2n) is 7.91. The maximum atomic E-state index is 12.4. The van der Waals surface area contributed by atoms with Gasteiger partial charge >= 0.3 is 12.1 Å². The lowest BCUT2D eigenvalue weighted by Crippen LogP contribution is -2.29. The number of aliphatic carboxylic acids is 1. The number of hydrogen-bond donors (Lipinski definition) is 3. The number of amides is 2. The highest BCUT2D eigenvalue weighted by atomic mass is 16.5. The maximum Gasteiger partial charge on any atom is 0.407 e. The van der Waals surface area contributed by atoms with Crippen LogP contribution >= 0.6 is 0 Å². The highest BCUT2D eigenvalue weighted by Gasteiger charge is 2.29. The molecule has 9 nitrogen and oxygen atoms in total. The summed E-state index contributed by atoms with van der Waals surface area (Å²) in [6.45, 7) is 0.441. The van der Waals surface area contributed by atoms with Crippen molar-refractivity contribution in [3.8, 4) is 11.1 Å². The molecule has 0 saturated carbocycles. The van der Waals surface area contributed by atoms with Crippen LogP contribution in [0.15, 0.2) is 59.3 Å². The molecule has 0 saturated heterocycles. The molecule has 0 radical (unpaired) electrons. The molecule has 34 heavy (non-hydrogen) atoms. The number of alkyl carbamates (subject to hydrolysis) is 1. The van der Waals surface area contributed by atoms with Gasteiger partial charge in [0.1, 0.15) is 6.61 Å². The van der Waals surface area contributed by atoms with Crippen molar-refractivity contribution in [3.63, 3.8) is 0 Å². The number of carboxylic acid groups (broad SMARTS) is 1. The number of aromatic nitrogens is 1. The number of rotatable bonds is 10. The van der Waals surface area contributed by atoms with E-state index in [0.717, 1.165) is 28.6 Å². The summed E-state index contributed by atoms with van der Waals surface area (Å²) in [5, 5.41) is 13.9. The van der Waals surface area contributed by atoms with Crippen LogP contribution in [0.5, 0.6) is 0 Å². The van der Waals surface area contributed by atoms with Crippen molar-refractivity contribution in [1.82, 2.24) is 15.6 Å². The van der Waals surface area contributed by atoms with Crippen LogP contribution in [0.1, 0.15) is 52.6 Å². The summed E-state index contributed by atoms with van der Waals surface area (Å²) in [4.78, 5) is 39.1. The quantitative estimate of drug-likeness (QED) is 0.391. The summed E-state index contributed by atoms with van der Waals surface area (Å²) in [6, 6.07) is 16.2. The third-order valence-corrected chi connectivity index (χ3v) is 5.70. The van der Waals surface area contributed by atoms with E-state index < -0.39 is 18.0 Å². The van der Waals surface area contributed by atoms with Crippen molar-refractivity contribution in [2.24, 2.45) is 0 Å². The van der Waals surface area contributed by atoms with E-state index in [9.17, 15) is 14.4 Å². The molecular formula is C25H25N3O6. The lowest BCUT2D eigenvalue weighted by atomic mass is 9.98. The van der Waals surface area contributed by atoms with Crippen LogP contribution in [0.4, 0.5) is 4.79 Å². The Bertz CT molecular complexity index is 1140. The molecule has 0 spiro atoms. The van der Waals surface area contributed by atoms with Gasteiger partial charge in [-0.2, -0.15) is 0 Å². The van der Waals surface area contributed by atoms with Gasteiger partial charge in [-0.15, -0.1) is 0 Å². The summed E-state index contributed by atoms with van der Waals surface area (Å²) in [6.07, 6.45) is 1.55. The molecule has 9 heteroatoms. The van der Waals surface area contributed by atoms with Crippen molar-refractivity contribution in [2.75, 3.05) is 13.2 Å². The molecule has 1 aromatic heterocycles. The van der Waals surface area contributed by atoms with Crippen LogP contribution in [0, 0.1) is 0 Å². The van der Waals surface area contributed by atoms with Crippen LogP contribution in [-0.4, -0.2) is 41.2 Å². The molecule has 0 atom stereocenters. The minimum atomic E-state index is -0.871. The molecule has 2 aromatic carbocycles. The van der Waals surface area contributed by atoms with Crippen molar-refractivity contribution >= 4 is 18.0 Å². The van der Waals surface area contributed by atoms with Gasteiger partial charge in [0, 0.05) is 18.9 Å². The Labute approximate surface area is 196 Å². The Hall–Kier alpha value is -4.14. The summed E-state index contributed by atoms with van der Waals surface area (Å²) in [7, 11) is 0. The molecule has 0 fully saturated rings. The number of carbonyl (C=O) groups is 3. The van der Waals surface area contributed by atoms with Crippen molar-refractivity contribution in [3.05, 3.63) is 77.5 Å². The number of oxazole rings is 1. The zero-order valence-corrected chi connectivity index (χ0v) is 18.5. The summed E-state index contributed by atoms with van der Waals surface area (Å²) >= 11 is 0. The monoisotopic (exact) mass is 463 g/mol. The van der Waals surface area contributed by atoms with Crippen molar-refractivity contribution in [2.45, 2.75) is 31.7 Å². The third kappa shape index (κ3) is 5.25. The van der Waals surface area contributed by atoms with E-state index in [1.54, 1.807) is 0 Å². The molecule has 0 unspecified atom stereocenters. The highest BCUT2D eigenvalue weighted by molar-refractivity contribution is 5.93. The van der Waals surface area contributed by atoms with Crippen LogP contribution < -0.4 is 10.6 Å². The molecule has 0 aliphatic heterocycles. The zero-order chi connectivity index (χ0) is 23.9. The maximum absolute atomic E-state index is 12.4. The molecule has 0 bridgehead atoms. The number of benzene rings is 2. The van der Waals surface area contributed by atoms with E-state index in [4.69, 9.17) is 14.3 Å². The second kappa shape index (κ2) is 10.7. The van der Waals surface area contributed by atoms with E-state index in [1.165, 1.54) is 0 Å². The van der Waals surface area contributed by atoms with E-state index in [0.29, 0.717) is 19.4 Å². The number of fused-ring (bicyclic) bond motifs is 3. The van der Waals surface area contributed by atoms with Crippen LogP contribution in [-0.2, 0) is 16.1 Å². The minimum absolute atomic E-state index is 0.0501. The van der Waals surface area contributed by atoms with Crippen LogP contribution in [0.2, 0.25) is 0 Å². The van der Waals surface area contributed by atoms with Crippen LogP contribution in [0.3, 0.4) is 0 Å². The number of nitrogens with one attached hydrogen (secondary N) is 2. The summed E-state index contributed by atoms with van der Waals surface area (Å²) < 4.78 is 10.7. The first-order valence-corrected chi connectivity index (χ1v) is 11.1. The second-order valence-corrected chi connectivity index (χ2v) is 7.91. The number of carboxylic acids is 1. The standard InChI is InChI=1S/C25H25N3O6/c29-22(30)11-5-6-12-26-24(31)23-21(34-15-28-23)13-27-25(32)33-14-20-18-9-3-1-7-16(18)17-8-2-4-10-19(17)20/h1-4,7-10,15,20H,5-6,11-14H2,(H,26,31)(H,27,32)(H,29,30). The van der Waals surface area contributed by atoms with Gasteiger partial charge in [0.25, 0.3) is 5.91 Å². The fourth-order valence-electron chi connectivity index (χ4n) is 4.07. The third-order valence-electron chi connectivity index (χ3n) is 5.70. The first kappa shape index (κ1) is 23.0. The van der Waals surface area contributed by atoms with Crippen molar-refractivity contribution in [1.29, 1.82) is 0 Å². The Morgan fingerprint density at radius 1 is 0.971 bits per heavy atom. The summed E-state index contributed by atoms with van der Waals surface area (Å²) in [5.41, 5.74) is 4.60. The fourth-order valence-corrected chi connectivity index (χ4v) is 4.07. The lowest BCUT2D eigenvalue weighted by Gasteiger charge is -2.14. The zero-order valence-electron chi connectivity index (χ0n) is 18.5. The number of ether oxygens (including phenoxy) is 1. The van der Waals surface area contributed by atoms with Gasteiger partial charge in [-0.3, -0.25) is 9.59 Å². The van der Waals surface area contributed by atoms with Gasteiger partial charge in [0.05, 0.1) is 6.54 Å². The molecule has 1 heterocycles. The Kier molecular flexibility index (Phi) is 7.22. The fraction of sp³-hybridized carbons (Fsp3) is 0.280. The van der Waals surface area contributed by atoms with E-state index in [2.05, 4.69) is 27.8 Å². The topological polar surface area (TPSA) is 131 Å². The number of carbonyl (C=O) groups excluding carboxylic acids is 2. The average Bonchev–Trinajstić information content (AvgIpc) is 3.44. The van der Waals surface area contributed by atoms with Gasteiger partial charge in [-0.25, -0.2) is 9.78 Å². The smallest absolute Gasteiger partial charge is 0.407 e. The predicted octanol–water partition coefficient (Wildman–Crippen LogP) is 3.70. The predicted molar refractivity (Wildman–Crippen MR) is 122 cm³/mol. The number of nitrogens with zero attached hydrogens (tertiary/aromatic N) is 1. The molecule has 2 amide bonds. The van der Waals surface area contributed by atoms with Gasteiger partial charge in [-0.1, -0.05) is 48.5 Å². The van der Waals surface area contributed by atoms with E-state index >= 15 is 0 Å². The normalized spacial score (nSPS) is 12.0. The molecule has 4 rings (SSSR count). The Morgan fingerprint density at radius 3 is 2.32 bits per heavy atom. The number of hydrogen-bond acceptors (Lipinski definition) is 6. The largest absolute Gasteiger partial charge is 0.481 e. The Balaban J connectivity index is 1.28. The molecule has 1 aliphatic carbocycles. The number of unbranched alkanes of at least 4 members (excludes halogenated alkanes) is 1. The van der Waals surface area contributed by atoms with E-state index in [-0.39, 0.29) is 36.9 Å². The Morgan fingerprint density at radius 2 is 1.65 bits per heavy atom. The minimum Gasteiger partial charge on any atom is -0.481 e. The van der Waals surface area contributed by atoms with Crippen LogP contribution in [0.25, 0.3) is 11.1 Å². The first-order chi connectivity index (χ1) is 16.5. The van der Waals surface area contributed by atoms with Crippen molar-refractivity contribution < 1.29 is 28.6 Å². The average molecular weight is 463 g/mol. The first-order valence-electron chi connectivity index (χ1n) is 11.1. The summed E-state index contributed by atoms with van der Waals surface area (Å²) in [5.74, 6) is -1.17. The van der Waals surface area contributed by atoms with Gasteiger partial charge in [-0.05, 0) is 35.1 Å². The molecule has 3 N–H and O–H groups in total. The van der Waals surface area contributed by atoms with Gasteiger partial charge in [0.2, 0.25) is 0 Å². The van der Waals surface area contributed by atoms with Gasteiger partial charge in [0.15, 0.2) is 17.8 Å². The van der Waals surface area contributed by atoms with E-state index in [1.807, 2.05) is 36.4 Å². The molecule has 1 aliphatic rings. The molecular weight excluding hydrogens is 438 g/mol. The lowest BCUT2D eigenvalue weighted by molar-refractivity contribution is -0.137. The van der Waals surface area contributed by atoms with Gasteiger partial charge < -0.3 is 24.9 Å². The molecule has 176 valence electrons. The SMILES string of the molecule is O=C(O)CCCCNC(=O)c1ncoc1CNC(=O)OCC1c2ccccc2-c2ccccc21. The molecule has 3 aromatic rings. The highest BCUT2D eigenvalue weighted by Crippen LogP contribution is 2.44.